The predicted octanol–water partition coefficient (Wildman–Crippen LogP) is 3.51. The van der Waals surface area contributed by atoms with Crippen molar-refractivity contribution in [2.45, 2.75) is 12.8 Å². The number of nitrogens with zero attached hydrogens (tertiary/aromatic N) is 3. The molecule has 1 N–H and O–H groups in total. The minimum atomic E-state index is 0.291. The molecule has 0 saturated carbocycles. The Bertz CT molecular complexity index is 818. The molecule has 2 aromatic carbocycles. The summed E-state index contributed by atoms with van der Waals surface area (Å²) in [5, 5.41) is 11.7. The van der Waals surface area contributed by atoms with Crippen molar-refractivity contribution in [2.24, 2.45) is 5.92 Å². The van der Waals surface area contributed by atoms with Gasteiger partial charge in [-0.2, -0.15) is 0 Å². The van der Waals surface area contributed by atoms with Crippen LogP contribution in [0.15, 0.2) is 54.9 Å². The second-order valence-corrected chi connectivity index (χ2v) is 6.40. The monoisotopic (exact) mass is 319 g/mol. The molecule has 0 atom stereocenters. The molecule has 1 aromatic heterocycles. The molecule has 122 valence electrons. The lowest BCUT2D eigenvalue weighted by Gasteiger charge is -2.31. The summed E-state index contributed by atoms with van der Waals surface area (Å²) in [5.41, 5.74) is 2.02. The van der Waals surface area contributed by atoms with Crippen LogP contribution in [0.4, 0.5) is 5.82 Å². The first-order chi connectivity index (χ1) is 11.8. The molecule has 4 heteroatoms. The van der Waals surface area contributed by atoms with Crippen LogP contribution < -0.4 is 4.90 Å². The molecule has 0 unspecified atom stereocenters. The van der Waals surface area contributed by atoms with Gasteiger partial charge in [-0.15, -0.1) is 0 Å². The fraction of sp³-hybridized carbons (Fsp3) is 0.300. The van der Waals surface area contributed by atoms with Crippen molar-refractivity contribution in [2.75, 3.05) is 24.6 Å². The molecule has 1 aliphatic heterocycles. The number of anilines is 1. The number of aliphatic hydroxyl groups is 1. The van der Waals surface area contributed by atoms with E-state index < -0.39 is 0 Å². The van der Waals surface area contributed by atoms with Gasteiger partial charge in [0.1, 0.15) is 5.82 Å². The van der Waals surface area contributed by atoms with Crippen LogP contribution in [0.25, 0.3) is 22.0 Å². The van der Waals surface area contributed by atoms with E-state index in [1.165, 1.54) is 10.8 Å². The molecule has 0 spiro atoms. The van der Waals surface area contributed by atoms with Crippen molar-refractivity contribution >= 4 is 16.6 Å². The van der Waals surface area contributed by atoms with Crippen LogP contribution in [0.2, 0.25) is 0 Å². The van der Waals surface area contributed by atoms with E-state index in [1.807, 2.05) is 12.4 Å². The second-order valence-electron chi connectivity index (χ2n) is 6.40. The molecule has 0 amide bonds. The third-order valence-corrected chi connectivity index (χ3v) is 4.90. The molecule has 0 bridgehead atoms. The predicted molar refractivity (Wildman–Crippen MR) is 97.0 cm³/mol. The van der Waals surface area contributed by atoms with Gasteiger partial charge in [-0.1, -0.05) is 42.5 Å². The SMILES string of the molecule is OCC1CCN(c2cnc(-c3cccc4ccccc34)cn2)CC1. The highest BCUT2D eigenvalue weighted by Crippen LogP contribution is 2.28. The Kier molecular flexibility index (Phi) is 4.13. The van der Waals surface area contributed by atoms with Crippen LogP contribution >= 0.6 is 0 Å². The summed E-state index contributed by atoms with van der Waals surface area (Å²) in [6, 6.07) is 14.6. The Morgan fingerprint density at radius 1 is 0.958 bits per heavy atom. The van der Waals surface area contributed by atoms with Gasteiger partial charge in [-0.05, 0) is 29.5 Å². The molecule has 1 saturated heterocycles. The number of hydrogen-bond acceptors (Lipinski definition) is 4. The van der Waals surface area contributed by atoms with E-state index in [0.717, 1.165) is 43.0 Å². The first kappa shape index (κ1) is 15.1. The Labute approximate surface area is 141 Å². The number of benzene rings is 2. The molecular formula is C20H21N3O. The van der Waals surface area contributed by atoms with Gasteiger partial charge in [0.05, 0.1) is 18.1 Å². The summed E-state index contributed by atoms with van der Waals surface area (Å²) in [6.07, 6.45) is 5.78. The quantitative estimate of drug-likeness (QED) is 0.802. The summed E-state index contributed by atoms with van der Waals surface area (Å²) in [6.45, 7) is 2.17. The van der Waals surface area contributed by atoms with E-state index in [9.17, 15) is 5.11 Å². The van der Waals surface area contributed by atoms with Gasteiger partial charge in [0, 0.05) is 25.3 Å². The number of rotatable bonds is 3. The minimum absolute atomic E-state index is 0.291. The average Bonchev–Trinajstić information content (AvgIpc) is 2.68. The fourth-order valence-electron chi connectivity index (χ4n) is 3.42. The molecule has 3 aromatic rings. The van der Waals surface area contributed by atoms with Crippen LogP contribution in [0, 0.1) is 5.92 Å². The number of aliphatic hydroxyl groups excluding tert-OH is 1. The van der Waals surface area contributed by atoms with E-state index in [-0.39, 0.29) is 0 Å². The molecule has 24 heavy (non-hydrogen) atoms. The summed E-state index contributed by atoms with van der Waals surface area (Å²) in [4.78, 5) is 11.6. The molecule has 0 aliphatic carbocycles. The van der Waals surface area contributed by atoms with Gasteiger partial charge in [-0.3, -0.25) is 4.98 Å². The molecule has 4 nitrogen and oxygen atoms in total. The molecular weight excluding hydrogens is 298 g/mol. The Morgan fingerprint density at radius 2 is 1.75 bits per heavy atom. The first-order valence-electron chi connectivity index (χ1n) is 8.51. The summed E-state index contributed by atoms with van der Waals surface area (Å²) in [7, 11) is 0. The van der Waals surface area contributed by atoms with Gasteiger partial charge >= 0.3 is 0 Å². The number of aromatic nitrogens is 2. The molecule has 0 radical (unpaired) electrons. The topological polar surface area (TPSA) is 49.2 Å². The standard InChI is InChI=1S/C20H21N3O/c24-14-15-8-10-23(11-9-15)20-13-21-19(12-22-20)18-7-3-5-16-4-1-2-6-17(16)18/h1-7,12-13,15,24H,8-11,14H2. The third kappa shape index (κ3) is 2.85. The second kappa shape index (κ2) is 6.57. The van der Waals surface area contributed by atoms with Gasteiger partial charge in [0.15, 0.2) is 0 Å². The number of fused-ring (bicyclic) bond motifs is 1. The highest BCUT2D eigenvalue weighted by atomic mass is 16.3. The van der Waals surface area contributed by atoms with Crippen molar-refractivity contribution in [1.82, 2.24) is 9.97 Å². The van der Waals surface area contributed by atoms with Crippen LogP contribution in [-0.2, 0) is 0 Å². The lowest BCUT2D eigenvalue weighted by atomic mass is 9.98. The van der Waals surface area contributed by atoms with E-state index >= 15 is 0 Å². The van der Waals surface area contributed by atoms with Gasteiger partial charge in [0.25, 0.3) is 0 Å². The van der Waals surface area contributed by atoms with Crippen molar-refractivity contribution in [1.29, 1.82) is 0 Å². The number of hydrogen-bond donors (Lipinski definition) is 1. The Morgan fingerprint density at radius 3 is 2.50 bits per heavy atom. The summed E-state index contributed by atoms with van der Waals surface area (Å²) >= 11 is 0. The maximum Gasteiger partial charge on any atom is 0.147 e. The Balaban J connectivity index is 1.60. The van der Waals surface area contributed by atoms with E-state index in [4.69, 9.17) is 0 Å². The van der Waals surface area contributed by atoms with Crippen LogP contribution in [-0.4, -0.2) is 34.8 Å². The average molecular weight is 319 g/mol. The lowest BCUT2D eigenvalue weighted by Crippen LogP contribution is -2.35. The van der Waals surface area contributed by atoms with Crippen molar-refractivity contribution < 1.29 is 5.11 Å². The van der Waals surface area contributed by atoms with Crippen LogP contribution in [0.1, 0.15) is 12.8 Å². The molecule has 1 aliphatic rings. The molecule has 2 heterocycles. The van der Waals surface area contributed by atoms with Crippen LogP contribution in [0.3, 0.4) is 0 Å². The zero-order valence-corrected chi connectivity index (χ0v) is 13.6. The smallest absolute Gasteiger partial charge is 0.147 e. The first-order valence-corrected chi connectivity index (χ1v) is 8.51. The number of piperidine rings is 1. The van der Waals surface area contributed by atoms with Gasteiger partial charge < -0.3 is 10.0 Å². The highest BCUT2D eigenvalue weighted by molar-refractivity contribution is 5.95. The van der Waals surface area contributed by atoms with Crippen LogP contribution in [0.5, 0.6) is 0 Å². The van der Waals surface area contributed by atoms with Crippen molar-refractivity contribution in [3.8, 4) is 11.3 Å². The molecule has 1 fully saturated rings. The fourth-order valence-corrected chi connectivity index (χ4v) is 3.42. The van der Waals surface area contributed by atoms with E-state index in [0.29, 0.717) is 12.5 Å². The zero-order valence-electron chi connectivity index (χ0n) is 13.6. The van der Waals surface area contributed by atoms with Crippen molar-refractivity contribution in [3.05, 3.63) is 54.9 Å². The minimum Gasteiger partial charge on any atom is -0.396 e. The maximum absolute atomic E-state index is 9.25. The third-order valence-electron chi connectivity index (χ3n) is 4.90. The molecule has 4 rings (SSSR count). The highest BCUT2D eigenvalue weighted by Gasteiger charge is 2.19. The van der Waals surface area contributed by atoms with Crippen molar-refractivity contribution in [3.63, 3.8) is 0 Å². The lowest BCUT2D eigenvalue weighted by molar-refractivity contribution is 0.203. The van der Waals surface area contributed by atoms with E-state index in [1.54, 1.807) is 0 Å². The van der Waals surface area contributed by atoms with E-state index in [2.05, 4.69) is 57.3 Å². The summed E-state index contributed by atoms with van der Waals surface area (Å²) in [5.74, 6) is 1.36. The summed E-state index contributed by atoms with van der Waals surface area (Å²) < 4.78 is 0. The van der Waals surface area contributed by atoms with Gasteiger partial charge in [0.2, 0.25) is 0 Å². The normalized spacial score (nSPS) is 15.8. The Hall–Kier alpha value is -2.46. The van der Waals surface area contributed by atoms with Gasteiger partial charge in [-0.25, -0.2) is 4.98 Å². The maximum atomic E-state index is 9.25. The largest absolute Gasteiger partial charge is 0.396 e. The zero-order chi connectivity index (χ0) is 16.4.